The second-order valence-electron chi connectivity index (χ2n) is 9.30. The number of hydrogen-bond donors (Lipinski definition) is 3. The van der Waals surface area contributed by atoms with Gasteiger partial charge >= 0.3 is 5.69 Å². The minimum atomic E-state index is -0.820. The summed E-state index contributed by atoms with van der Waals surface area (Å²) in [7, 11) is 0. The van der Waals surface area contributed by atoms with Crippen molar-refractivity contribution in [1.29, 1.82) is 0 Å². The zero-order valence-electron chi connectivity index (χ0n) is 23.0. The normalized spacial score (nSPS) is 11.1. The van der Waals surface area contributed by atoms with E-state index in [4.69, 9.17) is 11.6 Å². The van der Waals surface area contributed by atoms with Crippen molar-refractivity contribution < 1.29 is 19.4 Å². The van der Waals surface area contributed by atoms with Crippen LogP contribution >= 0.6 is 22.9 Å². The Kier molecular flexibility index (Phi) is 9.42. The van der Waals surface area contributed by atoms with Gasteiger partial charge in [0.1, 0.15) is 11.4 Å². The number of carbonyl (C=O) groups is 2. The molecule has 1 amide bonds. The Bertz CT molecular complexity index is 1790. The lowest BCUT2D eigenvalue weighted by molar-refractivity contribution is -0.393. The number of rotatable bonds is 11. The SMILES string of the molecule is Cc1ccc(NC(=O)/C(CC(=O)c2sc(Nc3ccccc3Cl)nc2C)=N\Nc2ccc([N+](=O)[O-])cc2[N+](=O)[O-])c(C)c1. The predicted octanol–water partition coefficient (Wildman–Crippen LogP) is 6.96. The number of carbonyl (C=O) groups excluding carboxylic acids is 2. The molecule has 3 N–H and O–H groups in total. The highest BCUT2D eigenvalue weighted by molar-refractivity contribution is 7.17. The molecule has 0 saturated carbocycles. The molecule has 43 heavy (non-hydrogen) atoms. The van der Waals surface area contributed by atoms with Gasteiger partial charge in [-0.1, -0.05) is 52.8 Å². The van der Waals surface area contributed by atoms with Crippen LogP contribution in [0.25, 0.3) is 0 Å². The summed E-state index contributed by atoms with van der Waals surface area (Å²) < 4.78 is 0. The van der Waals surface area contributed by atoms with Gasteiger partial charge in [-0.15, -0.1) is 0 Å². The van der Waals surface area contributed by atoms with Crippen molar-refractivity contribution in [3.8, 4) is 0 Å². The number of anilines is 4. The van der Waals surface area contributed by atoms with Crippen LogP contribution in [0.4, 0.5) is 33.6 Å². The van der Waals surface area contributed by atoms with E-state index in [1.807, 2.05) is 13.0 Å². The van der Waals surface area contributed by atoms with Crippen molar-refractivity contribution in [1.82, 2.24) is 4.98 Å². The number of nitro groups is 2. The van der Waals surface area contributed by atoms with Crippen LogP contribution in [0.5, 0.6) is 0 Å². The summed E-state index contributed by atoms with van der Waals surface area (Å²) in [6.45, 7) is 5.35. The third kappa shape index (κ3) is 7.55. The molecule has 15 heteroatoms. The molecule has 0 bridgehead atoms. The minimum absolute atomic E-state index is 0.208. The van der Waals surface area contributed by atoms with Gasteiger partial charge < -0.3 is 10.6 Å². The molecule has 4 aromatic rings. The van der Waals surface area contributed by atoms with E-state index in [0.717, 1.165) is 40.7 Å². The molecular weight excluding hydrogens is 598 g/mol. The Morgan fingerprint density at radius 1 is 0.953 bits per heavy atom. The Balaban J connectivity index is 1.64. The highest BCUT2D eigenvalue weighted by Gasteiger charge is 2.24. The molecule has 0 spiro atoms. The lowest BCUT2D eigenvalue weighted by Gasteiger charge is -2.11. The fourth-order valence-electron chi connectivity index (χ4n) is 3.94. The van der Waals surface area contributed by atoms with Crippen molar-refractivity contribution in [2.45, 2.75) is 27.2 Å². The molecule has 0 radical (unpaired) electrons. The first-order chi connectivity index (χ1) is 20.4. The zero-order valence-corrected chi connectivity index (χ0v) is 24.6. The first-order valence-electron chi connectivity index (χ1n) is 12.6. The predicted molar refractivity (Wildman–Crippen MR) is 166 cm³/mol. The summed E-state index contributed by atoms with van der Waals surface area (Å²) in [5, 5.41) is 33.4. The third-order valence-electron chi connectivity index (χ3n) is 6.09. The number of hydrazone groups is 1. The van der Waals surface area contributed by atoms with Crippen molar-refractivity contribution in [3.05, 3.63) is 108 Å². The maximum absolute atomic E-state index is 13.4. The fraction of sp³-hybridized carbons (Fsp3) is 0.143. The summed E-state index contributed by atoms with van der Waals surface area (Å²) in [6, 6.07) is 15.3. The number of aryl methyl sites for hydroxylation is 3. The van der Waals surface area contributed by atoms with E-state index in [1.54, 1.807) is 50.2 Å². The number of aromatic nitrogens is 1. The number of amides is 1. The van der Waals surface area contributed by atoms with Crippen LogP contribution in [-0.2, 0) is 4.79 Å². The summed E-state index contributed by atoms with van der Waals surface area (Å²) in [5.41, 5.74) is 4.06. The smallest absolute Gasteiger partial charge is 0.301 e. The minimum Gasteiger partial charge on any atom is -0.330 e. The number of halogens is 1. The molecule has 1 heterocycles. The van der Waals surface area contributed by atoms with Crippen molar-refractivity contribution in [2.75, 3.05) is 16.1 Å². The van der Waals surface area contributed by atoms with Gasteiger partial charge in [-0.05, 0) is 50.6 Å². The van der Waals surface area contributed by atoms with E-state index in [9.17, 15) is 29.8 Å². The molecule has 220 valence electrons. The van der Waals surface area contributed by atoms with Crippen LogP contribution in [0, 0.1) is 41.0 Å². The van der Waals surface area contributed by atoms with Crippen molar-refractivity contribution in [3.63, 3.8) is 0 Å². The number of Topliss-reactive ketones (excluding diaryl/α,β-unsaturated/α-hetero) is 1. The first-order valence-corrected chi connectivity index (χ1v) is 13.8. The standard InChI is InChI=1S/C28H24ClN7O6S/c1-15-8-10-20(16(2)12-15)31-27(38)23(34-33-22-11-9-18(35(39)40)13-24(22)36(41)42)14-25(37)26-17(3)30-28(43-26)32-21-7-5-4-6-19(21)29/h4-13,33H,14H2,1-3H3,(H,30,32)(H,31,38)/b34-23-. The third-order valence-corrected chi connectivity index (χ3v) is 7.53. The average Bonchev–Trinajstić information content (AvgIpc) is 3.33. The van der Waals surface area contributed by atoms with Crippen molar-refractivity contribution in [2.24, 2.45) is 5.10 Å². The number of benzene rings is 3. The number of nitrogens with one attached hydrogen (secondary N) is 3. The lowest BCUT2D eigenvalue weighted by atomic mass is 10.1. The number of hydrogen-bond acceptors (Lipinski definition) is 11. The summed E-state index contributed by atoms with van der Waals surface area (Å²) in [5.74, 6) is -1.20. The van der Waals surface area contributed by atoms with Crippen LogP contribution < -0.4 is 16.1 Å². The molecule has 0 unspecified atom stereocenters. The molecule has 3 aromatic carbocycles. The van der Waals surface area contributed by atoms with Gasteiger partial charge in [0.2, 0.25) is 0 Å². The van der Waals surface area contributed by atoms with Crippen LogP contribution in [0.1, 0.15) is 32.9 Å². The summed E-state index contributed by atoms with van der Waals surface area (Å²) in [4.78, 5) is 52.5. The quantitative estimate of drug-likeness (QED) is 0.0689. The Morgan fingerprint density at radius 2 is 1.67 bits per heavy atom. The summed E-state index contributed by atoms with van der Waals surface area (Å²) in [6.07, 6.45) is -0.487. The van der Waals surface area contributed by atoms with Crippen LogP contribution in [0.15, 0.2) is 65.8 Å². The van der Waals surface area contributed by atoms with E-state index >= 15 is 0 Å². The molecule has 0 aliphatic carbocycles. The second-order valence-corrected chi connectivity index (χ2v) is 10.7. The fourth-order valence-corrected chi connectivity index (χ4v) is 5.04. The number of para-hydroxylation sites is 1. The van der Waals surface area contributed by atoms with E-state index in [2.05, 4.69) is 26.1 Å². The van der Waals surface area contributed by atoms with Gasteiger partial charge in [-0.25, -0.2) is 4.98 Å². The zero-order chi connectivity index (χ0) is 31.3. The first kappa shape index (κ1) is 30.7. The van der Waals surface area contributed by atoms with E-state index < -0.39 is 39.3 Å². The van der Waals surface area contributed by atoms with E-state index in [0.29, 0.717) is 27.2 Å². The number of nitrogens with zero attached hydrogens (tertiary/aromatic N) is 4. The van der Waals surface area contributed by atoms with Gasteiger partial charge in [0, 0.05) is 11.8 Å². The average molecular weight is 622 g/mol. The molecule has 0 aliphatic heterocycles. The number of ketones is 1. The molecular formula is C28H24ClN7O6S. The number of thiazole rings is 1. The number of non-ortho nitro benzene ring substituents is 1. The van der Waals surface area contributed by atoms with Crippen molar-refractivity contribution >= 4 is 73.9 Å². The highest BCUT2D eigenvalue weighted by Crippen LogP contribution is 2.31. The molecule has 0 saturated heterocycles. The van der Waals surface area contributed by atoms with Gasteiger partial charge in [-0.3, -0.25) is 35.2 Å². The molecule has 0 aliphatic rings. The van der Waals surface area contributed by atoms with Gasteiger partial charge in [0.25, 0.3) is 11.6 Å². The van der Waals surface area contributed by atoms with Crippen LogP contribution in [0.2, 0.25) is 5.02 Å². The lowest BCUT2D eigenvalue weighted by Crippen LogP contribution is -2.27. The maximum atomic E-state index is 13.4. The van der Waals surface area contributed by atoms with Crippen LogP contribution in [-0.4, -0.2) is 32.2 Å². The molecule has 13 nitrogen and oxygen atoms in total. The van der Waals surface area contributed by atoms with Gasteiger partial charge in [-0.2, -0.15) is 5.10 Å². The molecule has 4 rings (SSSR count). The van der Waals surface area contributed by atoms with E-state index in [-0.39, 0.29) is 16.3 Å². The monoisotopic (exact) mass is 621 g/mol. The Hall–Kier alpha value is -5.21. The number of nitro benzene ring substituents is 2. The molecule has 1 aromatic heterocycles. The molecule has 0 atom stereocenters. The van der Waals surface area contributed by atoms with Gasteiger partial charge in [0.15, 0.2) is 10.9 Å². The molecule has 0 fully saturated rings. The van der Waals surface area contributed by atoms with E-state index in [1.165, 1.54) is 0 Å². The Labute approximate surface area is 253 Å². The van der Waals surface area contributed by atoms with Crippen LogP contribution in [0.3, 0.4) is 0 Å². The summed E-state index contributed by atoms with van der Waals surface area (Å²) >= 11 is 7.29. The highest BCUT2D eigenvalue weighted by atomic mass is 35.5. The Morgan fingerprint density at radius 3 is 2.35 bits per heavy atom. The van der Waals surface area contributed by atoms with Gasteiger partial charge in [0.05, 0.1) is 43.6 Å². The second kappa shape index (κ2) is 13.2. The topological polar surface area (TPSA) is 182 Å². The maximum Gasteiger partial charge on any atom is 0.301 e. The largest absolute Gasteiger partial charge is 0.330 e.